The zero-order valence-corrected chi connectivity index (χ0v) is 13.2. The normalized spacial score (nSPS) is 12.0. The van der Waals surface area contributed by atoms with E-state index in [0.717, 1.165) is 48.7 Å². The van der Waals surface area contributed by atoms with Crippen molar-refractivity contribution in [2.45, 2.75) is 45.4 Å². The highest BCUT2D eigenvalue weighted by molar-refractivity contribution is 6.17. The number of halogens is 1. The van der Waals surface area contributed by atoms with Crippen LogP contribution in [0.2, 0.25) is 0 Å². The average molecular weight is 295 g/mol. The van der Waals surface area contributed by atoms with Gasteiger partial charge in [0.25, 0.3) is 0 Å². The van der Waals surface area contributed by atoms with Gasteiger partial charge in [0.05, 0.1) is 5.69 Å². The molecule has 4 nitrogen and oxygen atoms in total. The highest BCUT2D eigenvalue weighted by Gasteiger charge is 2.18. The Hall–Kier alpha value is -1.29. The van der Waals surface area contributed by atoms with Gasteiger partial charge in [-0.1, -0.05) is 27.2 Å². The van der Waals surface area contributed by atoms with Crippen LogP contribution in [0.1, 0.15) is 45.7 Å². The van der Waals surface area contributed by atoms with Gasteiger partial charge in [-0.05, 0) is 18.9 Å². The van der Waals surface area contributed by atoms with Crippen molar-refractivity contribution in [1.29, 1.82) is 0 Å². The van der Waals surface area contributed by atoms with Crippen LogP contribution >= 0.6 is 11.6 Å². The molecular weight excluding hydrogens is 272 g/mol. The van der Waals surface area contributed by atoms with Crippen molar-refractivity contribution in [3.63, 3.8) is 0 Å². The molecule has 0 spiro atoms. The van der Waals surface area contributed by atoms with E-state index in [9.17, 15) is 0 Å². The Labute approximate surface area is 125 Å². The van der Waals surface area contributed by atoms with Crippen molar-refractivity contribution >= 4 is 22.9 Å². The molecule has 0 fully saturated rings. The summed E-state index contributed by atoms with van der Waals surface area (Å²) in [6.07, 6.45) is 7.00. The predicted octanol–water partition coefficient (Wildman–Crippen LogP) is 3.85. The van der Waals surface area contributed by atoms with Gasteiger partial charge in [-0.3, -0.25) is 0 Å². The van der Waals surface area contributed by atoms with Crippen LogP contribution < -0.4 is 5.32 Å². The van der Waals surface area contributed by atoms with Gasteiger partial charge in [0.2, 0.25) is 0 Å². The molecule has 20 heavy (non-hydrogen) atoms. The molecule has 2 heterocycles. The Morgan fingerprint density at radius 1 is 1.25 bits per heavy atom. The van der Waals surface area contributed by atoms with Crippen LogP contribution in [0.3, 0.4) is 0 Å². The summed E-state index contributed by atoms with van der Waals surface area (Å²) < 4.78 is 1.90. The number of unbranched alkanes of at least 4 members (excludes halogenated alkanes) is 2. The minimum Gasteiger partial charge on any atom is -0.368 e. The second-order valence-electron chi connectivity index (χ2n) is 6.06. The zero-order valence-electron chi connectivity index (χ0n) is 12.5. The molecular formula is C15H23ClN4. The van der Waals surface area contributed by atoms with E-state index in [1.54, 1.807) is 6.20 Å². The maximum atomic E-state index is 5.68. The minimum absolute atomic E-state index is 0.0453. The van der Waals surface area contributed by atoms with Gasteiger partial charge in [-0.25, -0.2) is 9.50 Å². The molecule has 0 atom stereocenters. The van der Waals surface area contributed by atoms with Gasteiger partial charge in [-0.15, -0.1) is 11.6 Å². The van der Waals surface area contributed by atoms with E-state index in [-0.39, 0.29) is 5.41 Å². The van der Waals surface area contributed by atoms with E-state index in [2.05, 4.69) is 42.2 Å². The van der Waals surface area contributed by atoms with E-state index in [0.29, 0.717) is 0 Å². The summed E-state index contributed by atoms with van der Waals surface area (Å²) in [5.41, 5.74) is 2.16. The molecule has 0 aliphatic carbocycles. The number of nitrogens with zero attached hydrogens (tertiary/aromatic N) is 3. The molecule has 110 valence electrons. The third-order valence-corrected chi connectivity index (χ3v) is 3.53. The highest BCUT2D eigenvalue weighted by atomic mass is 35.5. The number of anilines is 1. The van der Waals surface area contributed by atoms with Crippen LogP contribution in [0, 0.1) is 0 Å². The highest BCUT2D eigenvalue weighted by Crippen LogP contribution is 2.24. The number of hydrogen-bond donors (Lipinski definition) is 1. The van der Waals surface area contributed by atoms with Gasteiger partial charge < -0.3 is 5.32 Å². The van der Waals surface area contributed by atoms with E-state index in [1.807, 2.05) is 10.7 Å². The van der Waals surface area contributed by atoms with Crippen LogP contribution in [-0.2, 0) is 5.41 Å². The maximum absolute atomic E-state index is 5.68. The lowest BCUT2D eigenvalue weighted by Crippen LogP contribution is -2.11. The van der Waals surface area contributed by atoms with E-state index >= 15 is 0 Å². The van der Waals surface area contributed by atoms with Crippen molar-refractivity contribution in [1.82, 2.24) is 14.6 Å². The van der Waals surface area contributed by atoms with Crippen molar-refractivity contribution in [2.75, 3.05) is 17.7 Å². The third-order valence-electron chi connectivity index (χ3n) is 3.26. The topological polar surface area (TPSA) is 42.2 Å². The molecule has 0 saturated heterocycles. The van der Waals surface area contributed by atoms with Crippen LogP contribution in [0.15, 0.2) is 18.5 Å². The molecule has 5 heteroatoms. The average Bonchev–Trinajstić information content (AvgIpc) is 2.83. The summed E-state index contributed by atoms with van der Waals surface area (Å²) in [5, 5.41) is 8.02. The second-order valence-corrected chi connectivity index (χ2v) is 6.44. The van der Waals surface area contributed by atoms with Crippen molar-refractivity contribution < 1.29 is 0 Å². The molecule has 0 aliphatic rings. The predicted molar refractivity (Wildman–Crippen MR) is 84.7 cm³/mol. The summed E-state index contributed by atoms with van der Waals surface area (Å²) in [4.78, 5) is 4.42. The Morgan fingerprint density at radius 3 is 2.75 bits per heavy atom. The summed E-state index contributed by atoms with van der Waals surface area (Å²) >= 11 is 5.68. The van der Waals surface area contributed by atoms with Crippen molar-refractivity contribution in [3.8, 4) is 0 Å². The Bertz CT molecular complexity index is 556. The number of aromatic nitrogens is 3. The molecule has 2 aromatic rings. The quantitative estimate of drug-likeness (QED) is 0.650. The van der Waals surface area contributed by atoms with E-state index in [4.69, 9.17) is 11.6 Å². The largest absolute Gasteiger partial charge is 0.368 e. The first-order valence-electron chi connectivity index (χ1n) is 7.17. The van der Waals surface area contributed by atoms with Crippen LogP contribution in [0.5, 0.6) is 0 Å². The fourth-order valence-electron chi connectivity index (χ4n) is 2.03. The van der Waals surface area contributed by atoms with E-state index in [1.165, 1.54) is 0 Å². The molecule has 1 N–H and O–H groups in total. The molecule has 0 saturated carbocycles. The Kier molecular flexibility index (Phi) is 4.86. The second kappa shape index (κ2) is 6.44. The summed E-state index contributed by atoms with van der Waals surface area (Å²) in [6, 6.07) is 2.12. The van der Waals surface area contributed by atoms with Crippen molar-refractivity contribution in [3.05, 3.63) is 24.2 Å². The van der Waals surface area contributed by atoms with E-state index < -0.39 is 0 Å². The lowest BCUT2D eigenvalue weighted by molar-refractivity contribution is 0.562. The van der Waals surface area contributed by atoms with Gasteiger partial charge in [0.15, 0.2) is 5.82 Å². The number of rotatable bonds is 6. The molecule has 0 amide bonds. The smallest absolute Gasteiger partial charge is 0.152 e. The summed E-state index contributed by atoms with van der Waals surface area (Å²) in [6.45, 7) is 7.42. The van der Waals surface area contributed by atoms with Gasteiger partial charge in [0.1, 0.15) is 5.52 Å². The van der Waals surface area contributed by atoms with Gasteiger partial charge in [0, 0.05) is 30.2 Å². The number of nitrogens with one attached hydrogen (secondary N) is 1. The Morgan fingerprint density at radius 2 is 2.05 bits per heavy atom. The SMILES string of the molecule is CC(C)(C)c1cc2c(NCCCCCCl)nccn2n1. The minimum atomic E-state index is 0.0453. The lowest BCUT2D eigenvalue weighted by Gasteiger charge is -2.13. The fraction of sp³-hybridized carbons (Fsp3) is 0.600. The standard InChI is InChI=1S/C15H23ClN4/c1-15(2,3)13-11-12-14(17-8-6-4-5-7-16)18-9-10-20(12)19-13/h9-11H,4-8H2,1-3H3,(H,17,18). The first kappa shape index (κ1) is 15.1. The molecule has 0 bridgehead atoms. The number of fused-ring (bicyclic) bond motifs is 1. The zero-order chi connectivity index (χ0) is 14.6. The van der Waals surface area contributed by atoms with Gasteiger partial charge >= 0.3 is 0 Å². The number of alkyl halides is 1. The fourth-order valence-corrected chi connectivity index (χ4v) is 2.22. The Balaban J connectivity index is 2.11. The first-order chi connectivity index (χ1) is 9.52. The van der Waals surface area contributed by atoms with Crippen LogP contribution in [0.4, 0.5) is 5.82 Å². The number of hydrogen-bond acceptors (Lipinski definition) is 3. The van der Waals surface area contributed by atoms with Crippen molar-refractivity contribution in [2.24, 2.45) is 0 Å². The molecule has 0 aliphatic heterocycles. The third kappa shape index (κ3) is 3.63. The summed E-state index contributed by atoms with van der Waals surface area (Å²) in [5.74, 6) is 1.65. The maximum Gasteiger partial charge on any atom is 0.152 e. The molecule has 0 unspecified atom stereocenters. The van der Waals surface area contributed by atoms with Gasteiger partial charge in [-0.2, -0.15) is 5.10 Å². The first-order valence-corrected chi connectivity index (χ1v) is 7.70. The molecule has 2 rings (SSSR count). The monoisotopic (exact) mass is 294 g/mol. The van der Waals surface area contributed by atoms with Crippen LogP contribution in [0.25, 0.3) is 5.52 Å². The van der Waals surface area contributed by atoms with Crippen LogP contribution in [-0.4, -0.2) is 27.0 Å². The molecule has 2 aromatic heterocycles. The molecule has 0 radical (unpaired) electrons. The molecule has 0 aromatic carbocycles. The summed E-state index contributed by atoms with van der Waals surface area (Å²) in [7, 11) is 0. The lowest BCUT2D eigenvalue weighted by atomic mass is 9.92.